The molecule has 1 aromatic rings. The van der Waals surface area contributed by atoms with Gasteiger partial charge in [-0.1, -0.05) is 48.0 Å². The van der Waals surface area contributed by atoms with E-state index in [1.165, 1.54) is 18.3 Å². The first-order valence-corrected chi connectivity index (χ1v) is 13.8. The monoisotopic (exact) mass is 534 g/mol. The Morgan fingerprint density at radius 1 is 1.19 bits per heavy atom. The lowest BCUT2D eigenvalue weighted by Gasteiger charge is -2.29. The first-order chi connectivity index (χ1) is 17.5. The summed E-state index contributed by atoms with van der Waals surface area (Å²) in [6, 6.07) is 1.45. The van der Waals surface area contributed by atoms with Gasteiger partial charge in [0.1, 0.15) is 12.7 Å². The van der Waals surface area contributed by atoms with Gasteiger partial charge in [0.15, 0.2) is 0 Å². The molecule has 1 N–H and O–H groups in total. The number of aromatic nitrogens is 1. The van der Waals surface area contributed by atoms with Crippen LogP contribution in [0.4, 0.5) is 13.2 Å². The summed E-state index contributed by atoms with van der Waals surface area (Å²) in [7, 11) is 1.34. The second-order valence-electron chi connectivity index (χ2n) is 9.35. The molecule has 0 radical (unpaired) electrons. The molecule has 0 saturated heterocycles. The molecule has 6 nitrogen and oxygen atoms in total. The molecule has 216 valence electrons. The van der Waals surface area contributed by atoms with E-state index in [1.807, 2.05) is 27.7 Å². The Hall–Kier alpha value is -1.87. The molecule has 1 aliphatic heterocycles. The van der Waals surface area contributed by atoms with Crippen LogP contribution in [0.25, 0.3) is 0 Å². The molecule has 1 aliphatic rings. The van der Waals surface area contributed by atoms with Gasteiger partial charge in [0, 0.05) is 35.4 Å². The lowest BCUT2D eigenvalue weighted by Crippen LogP contribution is -2.50. The van der Waals surface area contributed by atoms with Crippen molar-refractivity contribution in [3.05, 3.63) is 29.1 Å². The second kappa shape index (κ2) is 18.4. The number of pyridine rings is 1. The van der Waals surface area contributed by atoms with E-state index in [2.05, 4.69) is 33.0 Å². The van der Waals surface area contributed by atoms with Crippen molar-refractivity contribution < 1.29 is 32.3 Å². The number of carbonyl (C=O) groups is 1. The predicted molar refractivity (Wildman–Crippen MR) is 142 cm³/mol. The number of hydrogen-bond acceptors (Lipinski definition) is 4. The number of amides is 1. The molecule has 3 atom stereocenters. The van der Waals surface area contributed by atoms with E-state index in [4.69, 9.17) is 9.57 Å². The minimum Gasteiger partial charge on any atom is -0.381 e. The molecule has 0 unspecified atom stereocenters. The SMILES string of the molecule is CC.CCC.CCOC[C@@H](C)[C@H](C)NCCC[C@@H](C)C(=O)N1CCc2c(cc(C(F)(F)F)c[n+]2OC)C1. The van der Waals surface area contributed by atoms with Crippen LogP contribution in [0.3, 0.4) is 0 Å². The maximum absolute atomic E-state index is 13.2. The average Bonchev–Trinajstić information content (AvgIpc) is 2.88. The van der Waals surface area contributed by atoms with Crippen LogP contribution in [0.5, 0.6) is 0 Å². The zero-order valence-electron chi connectivity index (χ0n) is 24.5. The molecular formula is C28H51F3N3O3+. The molecule has 0 aliphatic carbocycles. The maximum atomic E-state index is 13.2. The Morgan fingerprint density at radius 3 is 2.35 bits per heavy atom. The summed E-state index contributed by atoms with van der Waals surface area (Å²) in [4.78, 5) is 19.7. The Balaban J connectivity index is 0.00000241. The summed E-state index contributed by atoms with van der Waals surface area (Å²) in [6.45, 7) is 19.3. The summed E-state index contributed by atoms with van der Waals surface area (Å²) in [5.41, 5.74) is 0.378. The molecule has 9 heteroatoms. The Kier molecular flexibility index (Phi) is 17.5. The number of carbonyl (C=O) groups excluding carboxylic acids is 1. The second-order valence-corrected chi connectivity index (χ2v) is 9.35. The molecule has 1 amide bonds. The molecule has 0 fully saturated rings. The van der Waals surface area contributed by atoms with E-state index in [9.17, 15) is 18.0 Å². The van der Waals surface area contributed by atoms with Crippen LogP contribution < -0.4 is 14.9 Å². The molecule has 0 aromatic carbocycles. The van der Waals surface area contributed by atoms with Crippen LogP contribution in [0.1, 0.15) is 91.5 Å². The Labute approximate surface area is 222 Å². The van der Waals surface area contributed by atoms with Gasteiger partial charge in [-0.2, -0.15) is 13.2 Å². The first-order valence-electron chi connectivity index (χ1n) is 13.8. The van der Waals surface area contributed by atoms with Crippen LogP contribution in [-0.4, -0.2) is 50.3 Å². The minimum atomic E-state index is -4.47. The fourth-order valence-electron chi connectivity index (χ4n) is 3.92. The summed E-state index contributed by atoms with van der Waals surface area (Å²) >= 11 is 0. The number of hydrogen-bond donors (Lipinski definition) is 1. The molecule has 37 heavy (non-hydrogen) atoms. The highest BCUT2D eigenvalue weighted by atomic mass is 19.4. The van der Waals surface area contributed by atoms with Crippen molar-refractivity contribution in [3.8, 4) is 0 Å². The number of halogens is 3. The van der Waals surface area contributed by atoms with Gasteiger partial charge in [-0.05, 0) is 45.2 Å². The zero-order valence-corrected chi connectivity index (χ0v) is 24.5. The van der Waals surface area contributed by atoms with E-state index in [0.29, 0.717) is 42.8 Å². The van der Waals surface area contributed by atoms with Crippen molar-refractivity contribution in [2.45, 2.75) is 99.8 Å². The van der Waals surface area contributed by atoms with Crippen molar-refractivity contribution in [1.29, 1.82) is 0 Å². The molecule has 0 spiro atoms. The van der Waals surface area contributed by atoms with E-state index in [1.54, 1.807) is 4.90 Å². The smallest absolute Gasteiger partial charge is 0.381 e. The van der Waals surface area contributed by atoms with Gasteiger partial charge < -0.3 is 15.0 Å². The summed E-state index contributed by atoms with van der Waals surface area (Å²) in [5, 5.41) is 3.48. The number of rotatable bonds is 11. The Bertz CT molecular complexity index is 775. The number of alkyl halides is 3. The summed E-state index contributed by atoms with van der Waals surface area (Å²) in [5.74, 6) is 0.198. The molecule has 2 heterocycles. The minimum absolute atomic E-state index is 0.0187. The van der Waals surface area contributed by atoms with E-state index < -0.39 is 11.7 Å². The van der Waals surface area contributed by atoms with Gasteiger partial charge in [0.05, 0.1) is 19.6 Å². The van der Waals surface area contributed by atoms with Crippen molar-refractivity contribution in [1.82, 2.24) is 10.2 Å². The predicted octanol–water partition coefficient (Wildman–Crippen LogP) is 5.45. The van der Waals surface area contributed by atoms with Crippen LogP contribution >= 0.6 is 0 Å². The lowest BCUT2D eigenvalue weighted by atomic mass is 9.99. The first kappa shape index (κ1) is 35.1. The number of nitrogens with one attached hydrogen (secondary N) is 1. The fraction of sp³-hybridized carbons (Fsp3) is 0.786. The highest BCUT2D eigenvalue weighted by molar-refractivity contribution is 5.78. The highest BCUT2D eigenvalue weighted by Crippen LogP contribution is 2.30. The largest absolute Gasteiger partial charge is 0.422 e. The fourth-order valence-corrected chi connectivity index (χ4v) is 3.92. The molecule has 0 bridgehead atoms. The van der Waals surface area contributed by atoms with Gasteiger partial charge >= 0.3 is 6.18 Å². The van der Waals surface area contributed by atoms with Gasteiger partial charge in [-0.25, -0.2) is 0 Å². The third kappa shape index (κ3) is 12.0. The van der Waals surface area contributed by atoms with Crippen molar-refractivity contribution in [3.63, 3.8) is 0 Å². The van der Waals surface area contributed by atoms with E-state index in [0.717, 1.165) is 38.3 Å². The van der Waals surface area contributed by atoms with Crippen molar-refractivity contribution in [2.24, 2.45) is 11.8 Å². The number of nitrogens with zero attached hydrogens (tertiary/aromatic N) is 2. The van der Waals surface area contributed by atoms with Crippen LogP contribution in [0.2, 0.25) is 0 Å². The van der Waals surface area contributed by atoms with E-state index >= 15 is 0 Å². The molecule has 2 rings (SSSR count). The van der Waals surface area contributed by atoms with Gasteiger partial charge in [-0.15, -0.1) is 0 Å². The summed E-state index contributed by atoms with van der Waals surface area (Å²) < 4.78 is 46.3. The van der Waals surface area contributed by atoms with Gasteiger partial charge in [0.2, 0.25) is 17.8 Å². The standard InChI is InChI=1S/C23H37F3N3O3.C3H8.C2H6/c1-6-32-15-17(3)18(4)27-10-7-8-16(2)22(30)28-11-9-21-19(13-28)12-20(23(24,25)26)14-29(21)31-5;1-3-2;1-2/h12,14,16-18,27H,6-11,13,15H2,1-5H3;3H2,1-2H3;1-2H3/q+1;;/t16-,17-,18+;;/m1../s1. The average molecular weight is 535 g/mol. The quantitative estimate of drug-likeness (QED) is 0.303. The van der Waals surface area contributed by atoms with Gasteiger partial charge in [-0.3, -0.25) is 9.63 Å². The normalized spacial score (nSPS) is 15.3. The van der Waals surface area contributed by atoms with E-state index in [-0.39, 0.29) is 18.4 Å². The third-order valence-electron chi connectivity index (χ3n) is 6.18. The van der Waals surface area contributed by atoms with Crippen LogP contribution in [0, 0.1) is 11.8 Å². The van der Waals surface area contributed by atoms with Gasteiger partial charge in [0.25, 0.3) is 0 Å². The zero-order chi connectivity index (χ0) is 28.6. The number of ether oxygens (including phenoxy) is 1. The number of fused-ring (bicyclic) bond motifs is 1. The van der Waals surface area contributed by atoms with Crippen LogP contribution in [0.15, 0.2) is 12.3 Å². The molecule has 0 saturated carbocycles. The third-order valence-corrected chi connectivity index (χ3v) is 6.18. The molecular weight excluding hydrogens is 483 g/mol. The van der Waals surface area contributed by atoms with Crippen molar-refractivity contribution >= 4 is 5.91 Å². The maximum Gasteiger partial charge on any atom is 0.422 e. The Morgan fingerprint density at radius 2 is 1.81 bits per heavy atom. The molecule has 1 aromatic heterocycles. The lowest BCUT2D eigenvalue weighted by molar-refractivity contribution is -0.891. The topological polar surface area (TPSA) is 54.7 Å². The summed E-state index contributed by atoms with van der Waals surface area (Å²) in [6.07, 6.45) is -0.231. The van der Waals surface area contributed by atoms with Crippen molar-refractivity contribution in [2.75, 3.05) is 33.4 Å². The van der Waals surface area contributed by atoms with Crippen LogP contribution in [-0.2, 0) is 28.7 Å². The highest BCUT2D eigenvalue weighted by Gasteiger charge is 2.38.